The second-order valence-electron chi connectivity index (χ2n) is 7.74. The number of carbonyl (C=O) groups is 1. The fraction of sp³-hybridized carbons (Fsp3) is 0.435. The molecule has 0 aromatic heterocycles. The Morgan fingerprint density at radius 3 is 2.55 bits per heavy atom. The molecule has 1 aliphatic rings. The molecule has 0 spiro atoms. The van der Waals surface area contributed by atoms with E-state index < -0.39 is 10.0 Å². The highest BCUT2D eigenvalue weighted by Gasteiger charge is 2.35. The number of nitrogens with zero attached hydrogens (tertiary/aromatic N) is 1. The van der Waals surface area contributed by atoms with Crippen LogP contribution in [-0.4, -0.2) is 44.6 Å². The maximum atomic E-state index is 13.7. The summed E-state index contributed by atoms with van der Waals surface area (Å²) in [6.45, 7) is 1.61. The molecule has 0 atom stereocenters. The van der Waals surface area contributed by atoms with E-state index >= 15 is 0 Å². The normalized spacial score (nSPS) is 15.1. The molecule has 1 fully saturated rings. The Morgan fingerprint density at radius 1 is 1.16 bits per heavy atom. The van der Waals surface area contributed by atoms with E-state index in [0.29, 0.717) is 11.4 Å². The number of anilines is 1. The number of sulfonamides is 1. The lowest BCUT2D eigenvalue weighted by molar-refractivity contribution is -0.116. The van der Waals surface area contributed by atoms with Crippen LogP contribution in [0.25, 0.3) is 0 Å². The first kappa shape index (κ1) is 23.6. The first-order chi connectivity index (χ1) is 14.9. The highest BCUT2D eigenvalue weighted by Crippen LogP contribution is 2.33. The van der Waals surface area contributed by atoms with Crippen molar-refractivity contribution in [2.75, 3.05) is 25.2 Å². The SMILES string of the molecule is COc1ccc(C)cc1S(=O)(=O)N(CC(=O)Nc1ccccc1SC)C1CCCCC1. The van der Waals surface area contributed by atoms with Gasteiger partial charge in [0.1, 0.15) is 10.6 Å². The second kappa shape index (κ2) is 10.5. The minimum absolute atomic E-state index is 0.109. The monoisotopic (exact) mass is 462 g/mol. The number of methoxy groups -OCH3 is 1. The van der Waals surface area contributed by atoms with Crippen LogP contribution in [0.5, 0.6) is 5.75 Å². The van der Waals surface area contributed by atoms with Crippen molar-refractivity contribution >= 4 is 33.4 Å². The van der Waals surface area contributed by atoms with Crippen LogP contribution in [0, 0.1) is 6.92 Å². The highest BCUT2D eigenvalue weighted by molar-refractivity contribution is 7.98. The zero-order valence-corrected chi connectivity index (χ0v) is 19.9. The lowest BCUT2D eigenvalue weighted by Gasteiger charge is -2.33. The number of benzene rings is 2. The zero-order valence-electron chi connectivity index (χ0n) is 18.3. The van der Waals surface area contributed by atoms with Gasteiger partial charge in [0.2, 0.25) is 15.9 Å². The van der Waals surface area contributed by atoms with Gasteiger partial charge < -0.3 is 10.1 Å². The standard InChI is InChI=1S/C23H30N2O4S2/c1-17-13-14-20(29-2)22(15-17)31(27,28)25(18-9-5-4-6-10-18)16-23(26)24-19-11-7-8-12-21(19)30-3/h7-8,11-15,18H,4-6,9-10,16H2,1-3H3,(H,24,26). The summed E-state index contributed by atoms with van der Waals surface area (Å²) >= 11 is 1.53. The zero-order chi connectivity index (χ0) is 22.4. The van der Waals surface area contributed by atoms with Gasteiger partial charge in [-0.05, 0) is 55.9 Å². The molecule has 1 saturated carbocycles. The largest absolute Gasteiger partial charge is 0.495 e. The number of amides is 1. The van der Waals surface area contributed by atoms with Crippen LogP contribution in [0.15, 0.2) is 52.3 Å². The molecule has 1 aliphatic carbocycles. The molecular weight excluding hydrogens is 432 g/mol. The average molecular weight is 463 g/mol. The number of ether oxygens (including phenoxy) is 1. The average Bonchev–Trinajstić information content (AvgIpc) is 2.78. The number of rotatable bonds is 8. The van der Waals surface area contributed by atoms with Crippen LogP contribution >= 0.6 is 11.8 Å². The summed E-state index contributed by atoms with van der Waals surface area (Å²) in [6, 6.07) is 12.4. The molecule has 2 aromatic carbocycles. The molecule has 31 heavy (non-hydrogen) atoms. The maximum absolute atomic E-state index is 13.7. The predicted octanol–water partition coefficient (Wildman–Crippen LogP) is 4.69. The molecule has 1 N–H and O–H groups in total. The molecular formula is C23H30N2O4S2. The highest BCUT2D eigenvalue weighted by atomic mass is 32.2. The van der Waals surface area contributed by atoms with Crippen LogP contribution in [0.2, 0.25) is 0 Å². The van der Waals surface area contributed by atoms with Gasteiger partial charge in [-0.25, -0.2) is 8.42 Å². The summed E-state index contributed by atoms with van der Waals surface area (Å²) in [5, 5.41) is 2.90. The minimum Gasteiger partial charge on any atom is -0.495 e. The molecule has 0 saturated heterocycles. The quantitative estimate of drug-likeness (QED) is 0.576. The van der Waals surface area contributed by atoms with Gasteiger partial charge in [-0.1, -0.05) is 37.5 Å². The minimum atomic E-state index is -3.93. The Morgan fingerprint density at radius 2 is 1.87 bits per heavy atom. The van der Waals surface area contributed by atoms with Crippen LogP contribution in [0.3, 0.4) is 0 Å². The number of hydrogen-bond acceptors (Lipinski definition) is 5. The number of carbonyl (C=O) groups excluding carboxylic acids is 1. The van der Waals surface area contributed by atoms with Crippen molar-refractivity contribution in [2.24, 2.45) is 0 Å². The first-order valence-electron chi connectivity index (χ1n) is 10.5. The molecule has 2 aromatic rings. The lowest BCUT2D eigenvalue weighted by Crippen LogP contribution is -2.45. The van der Waals surface area contributed by atoms with Gasteiger partial charge in [-0.2, -0.15) is 4.31 Å². The topological polar surface area (TPSA) is 75.7 Å². The molecule has 0 aliphatic heterocycles. The maximum Gasteiger partial charge on any atom is 0.247 e. The van der Waals surface area contributed by atoms with E-state index in [1.807, 2.05) is 43.5 Å². The Hall–Kier alpha value is -2.03. The Kier molecular flexibility index (Phi) is 8.02. The van der Waals surface area contributed by atoms with Gasteiger partial charge in [0.25, 0.3) is 0 Å². The summed E-state index contributed by atoms with van der Waals surface area (Å²) in [6.07, 6.45) is 6.44. The summed E-state index contributed by atoms with van der Waals surface area (Å²) in [4.78, 5) is 14.0. The van der Waals surface area contributed by atoms with E-state index in [1.54, 1.807) is 12.1 Å². The first-order valence-corrected chi connectivity index (χ1v) is 13.1. The number of aryl methyl sites for hydroxylation is 1. The summed E-state index contributed by atoms with van der Waals surface area (Å²) < 4.78 is 34.2. The van der Waals surface area contributed by atoms with Gasteiger partial charge >= 0.3 is 0 Å². The van der Waals surface area contributed by atoms with E-state index in [1.165, 1.54) is 23.2 Å². The molecule has 1 amide bonds. The molecule has 0 bridgehead atoms. The lowest BCUT2D eigenvalue weighted by atomic mass is 9.95. The summed E-state index contributed by atoms with van der Waals surface area (Å²) in [5.74, 6) is -0.0539. The van der Waals surface area contributed by atoms with Crippen LogP contribution in [0.1, 0.15) is 37.7 Å². The van der Waals surface area contributed by atoms with Crippen LogP contribution in [0.4, 0.5) is 5.69 Å². The molecule has 168 valence electrons. The predicted molar refractivity (Wildman–Crippen MR) is 125 cm³/mol. The van der Waals surface area contributed by atoms with Gasteiger partial charge in [0.05, 0.1) is 19.3 Å². The van der Waals surface area contributed by atoms with Crippen molar-refractivity contribution in [3.8, 4) is 5.75 Å². The van der Waals surface area contributed by atoms with E-state index in [4.69, 9.17) is 4.74 Å². The Labute approximate surface area is 189 Å². The van der Waals surface area contributed by atoms with E-state index in [-0.39, 0.29) is 23.4 Å². The van der Waals surface area contributed by atoms with Crippen molar-refractivity contribution in [3.63, 3.8) is 0 Å². The van der Waals surface area contributed by atoms with Gasteiger partial charge in [0, 0.05) is 10.9 Å². The third-order valence-electron chi connectivity index (χ3n) is 5.57. The molecule has 8 heteroatoms. The third kappa shape index (κ3) is 5.61. The van der Waals surface area contributed by atoms with E-state index in [9.17, 15) is 13.2 Å². The number of para-hydroxylation sites is 1. The summed E-state index contributed by atoms with van der Waals surface area (Å²) in [5.41, 5.74) is 1.51. The third-order valence-corrected chi connectivity index (χ3v) is 8.28. The van der Waals surface area contributed by atoms with Crippen molar-refractivity contribution in [1.82, 2.24) is 4.31 Å². The fourth-order valence-corrected chi connectivity index (χ4v) is 6.41. The molecule has 0 heterocycles. The van der Waals surface area contributed by atoms with Gasteiger partial charge in [0.15, 0.2) is 0 Å². The van der Waals surface area contributed by atoms with Crippen LogP contribution in [-0.2, 0) is 14.8 Å². The second-order valence-corrected chi connectivity index (χ2v) is 10.5. The van der Waals surface area contributed by atoms with Gasteiger partial charge in [-0.3, -0.25) is 4.79 Å². The number of nitrogens with one attached hydrogen (secondary N) is 1. The van der Waals surface area contributed by atoms with Crippen molar-refractivity contribution in [2.45, 2.75) is 54.9 Å². The van der Waals surface area contributed by atoms with E-state index in [0.717, 1.165) is 42.6 Å². The van der Waals surface area contributed by atoms with Crippen molar-refractivity contribution in [3.05, 3.63) is 48.0 Å². The fourth-order valence-electron chi connectivity index (χ4n) is 3.97. The van der Waals surface area contributed by atoms with Crippen molar-refractivity contribution in [1.29, 1.82) is 0 Å². The van der Waals surface area contributed by atoms with Crippen molar-refractivity contribution < 1.29 is 17.9 Å². The van der Waals surface area contributed by atoms with Gasteiger partial charge in [-0.15, -0.1) is 11.8 Å². The number of hydrogen-bond donors (Lipinski definition) is 1. The molecule has 0 unspecified atom stereocenters. The smallest absolute Gasteiger partial charge is 0.247 e. The molecule has 3 rings (SSSR count). The number of thioether (sulfide) groups is 1. The Balaban J connectivity index is 1.93. The summed E-state index contributed by atoms with van der Waals surface area (Å²) in [7, 11) is -2.47. The molecule has 0 radical (unpaired) electrons. The molecule has 6 nitrogen and oxygen atoms in total. The van der Waals surface area contributed by atoms with Crippen LogP contribution < -0.4 is 10.1 Å². The Bertz CT molecular complexity index is 1020. The van der Waals surface area contributed by atoms with E-state index in [2.05, 4.69) is 5.32 Å².